The van der Waals surface area contributed by atoms with Gasteiger partial charge in [-0.3, -0.25) is 9.59 Å². The van der Waals surface area contributed by atoms with Gasteiger partial charge in [-0.1, -0.05) is 66.2 Å². The highest BCUT2D eigenvalue weighted by Gasteiger charge is 2.43. The first-order valence-electron chi connectivity index (χ1n) is 9.80. The molecule has 2 atom stereocenters. The molecule has 3 aromatic rings. The van der Waals surface area contributed by atoms with Crippen LogP contribution in [0.2, 0.25) is 5.02 Å². The lowest BCUT2D eigenvalue weighted by Gasteiger charge is -2.29. The number of carbonyl (C=O) groups is 2. The maximum absolute atomic E-state index is 13.9. The highest BCUT2D eigenvalue weighted by atomic mass is 35.5. The van der Waals surface area contributed by atoms with Gasteiger partial charge in [0.1, 0.15) is 17.2 Å². The van der Waals surface area contributed by atoms with Crippen LogP contribution < -0.4 is 5.32 Å². The van der Waals surface area contributed by atoms with Crippen molar-refractivity contribution in [2.75, 3.05) is 5.75 Å². The SMILES string of the molecule is O=C(NCc1ccccc1)C1CSC(c2cccc(F)c2)N1C(=O)c1ccccc1Cl. The van der Waals surface area contributed by atoms with Gasteiger partial charge in [-0.2, -0.15) is 0 Å². The van der Waals surface area contributed by atoms with E-state index in [9.17, 15) is 14.0 Å². The fraction of sp³-hybridized carbons (Fsp3) is 0.167. The quantitative estimate of drug-likeness (QED) is 0.586. The molecule has 1 aliphatic heterocycles. The molecule has 1 saturated heterocycles. The molecule has 2 amide bonds. The Morgan fingerprint density at radius 1 is 1.03 bits per heavy atom. The van der Waals surface area contributed by atoms with Crippen molar-refractivity contribution >= 4 is 35.2 Å². The summed E-state index contributed by atoms with van der Waals surface area (Å²) in [5, 5.41) is 2.74. The number of rotatable bonds is 5. The molecular formula is C24H20ClFN2O2S. The highest BCUT2D eigenvalue weighted by molar-refractivity contribution is 7.99. The zero-order valence-electron chi connectivity index (χ0n) is 16.5. The molecule has 31 heavy (non-hydrogen) atoms. The molecule has 4 rings (SSSR count). The largest absolute Gasteiger partial charge is 0.350 e. The summed E-state index contributed by atoms with van der Waals surface area (Å²) in [6, 6.07) is 21.7. The standard InChI is InChI=1S/C24H20ClFN2O2S/c25-20-12-5-4-11-19(20)23(30)28-21(22(29)27-14-16-7-2-1-3-8-16)15-31-24(28)17-9-6-10-18(26)13-17/h1-13,21,24H,14-15H2,(H,27,29). The lowest BCUT2D eigenvalue weighted by molar-refractivity contribution is -0.125. The Labute approximate surface area is 189 Å². The zero-order chi connectivity index (χ0) is 21.8. The van der Waals surface area contributed by atoms with Gasteiger partial charge in [0.25, 0.3) is 5.91 Å². The van der Waals surface area contributed by atoms with E-state index in [-0.39, 0.29) is 17.6 Å². The van der Waals surface area contributed by atoms with E-state index in [1.165, 1.54) is 28.8 Å². The maximum atomic E-state index is 13.9. The van der Waals surface area contributed by atoms with Crippen LogP contribution in [-0.4, -0.2) is 28.5 Å². The summed E-state index contributed by atoms with van der Waals surface area (Å²) in [6.45, 7) is 0.361. The number of hydrogen-bond donors (Lipinski definition) is 1. The molecule has 0 bridgehead atoms. The van der Waals surface area contributed by atoms with Gasteiger partial charge in [0, 0.05) is 12.3 Å². The second-order valence-electron chi connectivity index (χ2n) is 7.15. The fourth-order valence-corrected chi connectivity index (χ4v) is 5.19. The molecule has 3 aromatic carbocycles. The molecule has 1 fully saturated rings. The van der Waals surface area contributed by atoms with E-state index in [4.69, 9.17) is 11.6 Å². The Balaban J connectivity index is 1.63. The molecule has 1 heterocycles. The first-order valence-corrected chi connectivity index (χ1v) is 11.2. The molecule has 2 unspecified atom stereocenters. The second-order valence-corrected chi connectivity index (χ2v) is 8.67. The predicted octanol–water partition coefficient (Wildman–Crippen LogP) is 5.05. The first kappa shape index (κ1) is 21.4. The summed E-state index contributed by atoms with van der Waals surface area (Å²) in [7, 11) is 0. The van der Waals surface area contributed by atoms with Crippen molar-refractivity contribution in [1.82, 2.24) is 10.2 Å². The lowest BCUT2D eigenvalue weighted by Crippen LogP contribution is -2.47. The number of nitrogens with zero attached hydrogens (tertiary/aromatic N) is 1. The van der Waals surface area contributed by atoms with Gasteiger partial charge < -0.3 is 10.2 Å². The van der Waals surface area contributed by atoms with E-state index >= 15 is 0 Å². The second kappa shape index (κ2) is 9.54. The van der Waals surface area contributed by atoms with Crippen molar-refractivity contribution in [3.63, 3.8) is 0 Å². The van der Waals surface area contributed by atoms with Gasteiger partial charge in [0.15, 0.2) is 0 Å². The van der Waals surface area contributed by atoms with Crippen LogP contribution in [-0.2, 0) is 11.3 Å². The van der Waals surface area contributed by atoms with E-state index in [2.05, 4.69) is 5.32 Å². The average Bonchev–Trinajstić information content (AvgIpc) is 3.23. The fourth-order valence-electron chi connectivity index (χ4n) is 3.55. The molecule has 1 aliphatic rings. The van der Waals surface area contributed by atoms with Crippen LogP contribution in [0.5, 0.6) is 0 Å². The van der Waals surface area contributed by atoms with E-state index in [1.54, 1.807) is 36.4 Å². The van der Waals surface area contributed by atoms with Crippen molar-refractivity contribution in [3.8, 4) is 0 Å². The summed E-state index contributed by atoms with van der Waals surface area (Å²) in [6.07, 6.45) is 0. The Morgan fingerprint density at radius 3 is 2.52 bits per heavy atom. The van der Waals surface area contributed by atoms with Crippen LogP contribution in [0, 0.1) is 5.82 Å². The van der Waals surface area contributed by atoms with Gasteiger partial charge >= 0.3 is 0 Å². The third-order valence-electron chi connectivity index (χ3n) is 5.09. The summed E-state index contributed by atoms with van der Waals surface area (Å²) >= 11 is 7.70. The summed E-state index contributed by atoms with van der Waals surface area (Å²) in [5.74, 6) is -0.599. The molecule has 0 aliphatic carbocycles. The minimum atomic E-state index is -0.703. The number of carbonyl (C=O) groups excluding carboxylic acids is 2. The number of hydrogen-bond acceptors (Lipinski definition) is 3. The molecule has 7 heteroatoms. The molecule has 0 saturated carbocycles. The average molecular weight is 455 g/mol. The number of thioether (sulfide) groups is 1. The maximum Gasteiger partial charge on any atom is 0.257 e. The molecular weight excluding hydrogens is 435 g/mol. The highest BCUT2D eigenvalue weighted by Crippen LogP contribution is 2.43. The van der Waals surface area contributed by atoms with Crippen LogP contribution in [0.25, 0.3) is 0 Å². The first-order chi connectivity index (χ1) is 15.0. The Kier molecular flexibility index (Phi) is 6.59. The van der Waals surface area contributed by atoms with Crippen LogP contribution >= 0.6 is 23.4 Å². The van der Waals surface area contributed by atoms with E-state index in [0.29, 0.717) is 28.4 Å². The molecule has 0 radical (unpaired) electrons. The van der Waals surface area contributed by atoms with Crippen LogP contribution in [0.15, 0.2) is 78.9 Å². The Hall–Kier alpha value is -2.83. The van der Waals surface area contributed by atoms with E-state index in [0.717, 1.165) is 5.56 Å². The van der Waals surface area contributed by atoms with Gasteiger partial charge in [0.05, 0.1) is 10.6 Å². The number of amides is 2. The minimum absolute atomic E-state index is 0.254. The third-order valence-corrected chi connectivity index (χ3v) is 6.74. The van der Waals surface area contributed by atoms with Crippen LogP contribution in [0.1, 0.15) is 26.9 Å². The minimum Gasteiger partial charge on any atom is -0.350 e. The van der Waals surface area contributed by atoms with Gasteiger partial charge in [0.2, 0.25) is 5.91 Å². The predicted molar refractivity (Wildman–Crippen MR) is 121 cm³/mol. The van der Waals surface area contributed by atoms with Crippen LogP contribution in [0.4, 0.5) is 4.39 Å². The zero-order valence-corrected chi connectivity index (χ0v) is 18.1. The third kappa shape index (κ3) is 4.75. The molecule has 0 aromatic heterocycles. The molecule has 158 valence electrons. The van der Waals surface area contributed by atoms with Crippen molar-refractivity contribution in [2.24, 2.45) is 0 Å². The van der Waals surface area contributed by atoms with Gasteiger partial charge in [-0.05, 0) is 35.4 Å². The summed E-state index contributed by atoms with van der Waals surface area (Å²) in [4.78, 5) is 28.1. The summed E-state index contributed by atoms with van der Waals surface area (Å²) < 4.78 is 13.9. The van der Waals surface area contributed by atoms with Gasteiger partial charge in [-0.15, -0.1) is 11.8 Å². The van der Waals surface area contributed by atoms with Gasteiger partial charge in [-0.25, -0.2) is 4.39 Å². The molecule has 0 spiro atoms. The number of benzene rings is 3. The monoisotopic (exact) mass is 454 g/mol. The van der Waals surface area contributed by atoms with Crippen molar-refractivity contribution in [2.45, 2.75) is 18.0 Å². The van der Waals surface area contributed by atoms with Crippen LogP contribution in [0.3, 0.4) is 0 Å². The smallest absolute Gasteiger partial charge is 0.257 e. The van der Waals surface area contributed by atoms with Crippen molar-refractivity contribution < 1.29 is 14.0 Å². The topological polar surface area (TPSA) is 49.4 Å². The lowest BCUT2D eigenvalue weighted by atomic mass is 10.1. The molecule has 4 nitrogen and oxygen atoms in total. The Bertz CT molecular complexity index is 1100. The van der Waals surface area contributed by atoms with Crippen molar-refractivity contribution in [3.05, 3.63) is 106 Å². The van der Waals surface area contributed by atoms with E-state index < -0.39 is 11.4 Å². The Morgan fingerprint density at radius 2 is 1.77 bits per heavy atom. The number of nitrogens with one attached hydrogen (secondary N) is 1. The molecule has 1 N–H and O–H groups in total. The summed E-state index contributed by atoms with van der Waals surface area (Å²) in [5.41, 5.74) is 1.91. The number of halogens is 2. The van der Waals surface area contributed by atoms with E-state index in [1.807, 2.05) is 30.3 Å². The van der Waals surface area contributed by atoms with Crippen molar-refractivity contribution in [1.29, 1.82) is 0 Å². The normalized spacial score (nSPS) is 18.1.